The van der Waals surface area contributed by atoms with E-state index in [4.69, 9.17) is 19.3 Å². The summed E-state index contributed by atoms with van der Waals surface area (Å²) in [6, 6.07) is 0. The molecule has 0 aromatic rings. The van der Waals surface area contributed by atoms with Gasteiger partial charge in [-0.1, -0.05) is 13.2 Å². The van der Waals surface area contributed by atoms with Crippen LogP contribution in [0.4, 0.5) is 0 Å². The van der Waals surface area contributed by atoms with Gasteiger partial charge in [-0.3, -0.25) is 0 Å². The Morgan fingerprint density at radius 1 is 1.12 bits per heavy atom. The molecule has 17 heavy (non-hydrogen) atoms. The summed E-state index contributed by atoms with van der Waals surface area (Å²) in [6.07, 6.45) is 2.48. The highest BCUT2D eigenvalue weighted by atomic mass is 16.5. The van der Waals surface area contributed by atoms with Gasteiger partial charge < -0.3 is 19.3 Å². The minimum absolute atomic E-state index is 0.214. The average Bonchev–Trinajstić information content (AvgIpc) is 2.31. The molecule has 0 saturated heterocycles. The van der Waals surface area contributed by atoms with Gasteiger partial charge in [0.15, 0.2) is 0 Å². The molecular weight excluding hydrogens is 224 g/mol. The number of rotatable bonds is 12. The average molecular weight is 244 g/mol. The third kappa shape index (κ3) is 10.9. The van der Waals surface area contributed by atoms with Crippen molar-refractivity contribution < 1.29 is 24.1 Å². The predicted octanol–water partition coefficient (Wildman–Crippen LogP) is 1.60. The monoisotopic (exact) mass is 244 g/mol. The van der Waals surface area contributed by atoms with Gasteiger partial charge in [0, 0.05) is 12.2 Å². The Balaban J connectivity index is 3.11. The summed E-state index contributed by atoms with van der Waals surface area (Å²) in [6.45, 7) is 9.33. The number of carboxylic acids is 1. The van der Waals surface area contributed by atoms with E-state index in [1.54, 1.807) is 0 Å². The SMILES string of the molecule is C=COCCOCCOCCCC(=C)C(=O)O. The van der Waals surface area contributed by atoms with Gasteiger partial charge >= 0.3 is 5.97 Å². The first-order chi connectivity index (χ1) is 8.18. The van der Waals surface area contributed by atoms with Crippen LogP contribution in [0.3, 0.4) is 0 Å². The van der Waals surface area contributed by atoms with Crippen molar-refractivity contribution in [2.24, 2.45) is 0 Å². The zero-order chi connectivity index (χ0) is 12.9. The second-order valence-electron chi connectivity index (χ2n) is 3.27. The molecule has 0 rings (SSSR count). The standard InChI is InChI=1S/C12H20O5/c1-3-15-7-8-17-10-9-16-6-4-5-11(2)12(13)14/h3H,1-2,4-10H2,(H,13,14). The van der Waals surface area contributed by atoms with Crippen LogP contribution in [0.5, 0.6) is 0 Å². The molecule has 0 fully saturated rings. The van der Waals surface area contributed by atoms with E-state index in [0.29, 0.717) is 45.9 Å². The number of carboxylic acid groups (broad SMARTS) is 1. The third-order valence-corrected chi connectivity index (χ3v) is 1.91. The lowest BCUT2D eigenvalue weighted by Crippen LogP contribution is -2.09. The van der Waals surface area contributed by atoms with Crippen LogP contribution >= 0.6 is 0 Å². The van der Waals surface area contributed by atoms with Crippen LogP contribution in [0.1, 0.15) is 12.8 Å². The van der Waals surface area contributed by atoms with E-state index in [9.17, 15) is 4.79 Å². The van der Waals surface area contributed by atoms with Gasteiger partial charge in [-0.25, -0.2) is 4.79 Å². The maximum absolute atomic E-state index is 10.4. The first-order valence-corrected chi connectivity index (χ1v) is 5.47. The molecular formula is C12H20O5. The Morgan fingerprint density at radius 2 is 1.71 bits per heavy atom. The minimum atomic E-state index is -0.949. The van der Waals surface area contributed by atoms with Crippen LogP contribution in [0.2, 0.25) is 0 Å². The summed E-state index contributed by atoms with van der Waals surface area (Å²) in [4.78, 5) is 10.4. The van der Waals surface area contributed by atoms with Crippen molar-refractivity contribution in [3.63, 3.8) is 0 Å². The fraction of sp³-hybridized carbons (Fsp3) is 0.583. The van der Waals surface area contributed by atoms with Crippen LogP contribution < -0.4 is 0 Å². The molecule has 0 aliphatic rings. The summed E-state index contributed by atoms with van der Waals surface area (Å²) in [5.74, 6) is -0.949. The fourth-order valence-electron chi connectivity index (χ4n) is 1.01. The van der Waals surface area contributed by atoms with Crippen molar-refractivity contribution in [3.8, 4) is 0 Å². The molecule has 0 aromatic carbocycles. The molecule has 0 atom stereocenters. The highest BCUT2D eigenvalue weighted by molar-refractivity contribution is 5.85. The Bertz CT molecular complexity index is 237. The van der Waals surface area contributed by atoms with Gasteiger partial charge in [0.1, 0.15) is 6.61 Å². The highest BCUT2D eigenvalue weighted by Crippen LogP contribution is 2.02. The molecule has 0 bridgehead atoms. The van der Waals surface area contributed by atoms with E-state index in [2.05, 4.69) is 13.2 Å². The molecule has 0 unspecified atom stereocenters. The molecule has 5 nitrogen and oxygen atoms in total. The Kier molecular flexibility index (Phi) is 10.3. The van der Waals surface area contributed by atoms with E-state index in [1.807, 2.05) is 0 Å². The van der Waals surface area contributed by atoms with Crippen LogP contribution in [0.15, 0.2) is 25.0 Å². The molecule has 1 N–H and O–H groups in total. The van der Waals surface area contributed by atoms with Gasteiger partial charge in [0.25, 0.3) is 0 Å². The zero-order valence-electron chi connectivity index (χ0n) is 10.0. The van der Waals surface area contributed by atoms with Crippen molar-refractivity contribution in [3.05, 3.63) is 25.0 Å². The molecule has 0 spiro atoms. The van der Waals surface area contributed by atoms with Crippen molar-refractivity contribution in [2.75, 3.05) is 33.0 Å². The summed E-state index contributed by atoms with van der Waals surface area (Å²) in [7, 11) is 0. The third-order valence-electron chi connectivity index (χ3n) is 1.91. The minimum Gasteiger partial charge on any atom is -0.499 e. The number of hydrogen-bond donors (Lipinski definition) is 1. The molecule has 0 aliphatic heterocycles. The van der Waals surface area contributed by atoms with E-state index in [0.717, 1.165) is 0 Å². The molecule has 0 radical (unpaired) electrons. The molecule has 0 amide bonds. The number of aliphatic carboxylic acids is 1. The number of carbonyl (C=O) groups is 1. The normalized spacial score (nSPS) is 9.88. The van der Waals surface area contributed by atoms with Gasteiger partial charge in [0.2, 0.25) is 0 Å². The van der Waals surface area contributed by atoms with E-state index >= 15 is 0 Å². The second kappa shape index (κ2) is 11.2. The van der Waals surface area contributed by atoms with Gasteiger partial charge in [-0.05, 0) is 12.8 Å². The molecule has 5 heteroatoms. The van der Waals surface area contributed by atoms with Crippen LogP contribution in [0.25, 0.3) is 0 Å². The van der Waals surface area contributed by atoms with Crippen LogP contribution in [-0.4, -0.2) is 44.1 Å². The van der Waals surface area contributed by atoms with E-state index < -0.39 is 5.97 Å². The smallest absolute Gasteiger partial charge is 0.330 e. The molecule has 0 saturated carbocycles. The summed E-state index contributed by atoms with van der Waals surface area (Å²) in [5, 5.41) is 8.55. The Morgan fingerprint density at radius 3 is 2.29 bits per heavy atom. The first kappa shape index (κ1) is 15.7. The predicted molar refractivity (Wildman–Crippen MR) is 63.8 cm³/mol. The summed E-state index contributed by atoms with van der Waals surface area (Å²) < 4.78 is 15.3. The Hall–Kier alpha value is -1.33. The number of ether oxygens (including phenoxy) is 3. The topological polar surface area (TPSA) is 65.0 Å². The van der Waals surface area contributed by atoms with Gasteiger partial charge in [-0.2, -0.15) is 0 Å². The largest absolute Gasteiger partial charge is 0.499 e. The molecule has 0 aromatic heterocycles. The number of hydrogen-bond acceptors (Lipinski definition) is 4. The zero-order valence-corrected chi connectivity index (χ0v) is 10.0. The fourth-order valence-corrected chi connectivity index (χ4v) is 1.01. The van der Waals surface area contributed by atoms with Crippen LogP contribution in [-0.2, 0) is 19.0 Å². The lowest BCUT2D eigenvalue weighted by molar-refractivity contribution is -0.132. The van der Waals surface area contributed by atoms with Gasteiger partial charge in [-0.15, -0.1) is 0 Å². The van der Waals surface area contributed by atoms with E-state index in [1.165, 1.54) is 6.26 Å². The van der Waals surface area contributed by atoms with Crippen molar-refractivity contribution >= 4 is 5.97 Å². The highest BCUT2D eigenvalue weighted by Gasteiger charge is 2.02. The van der Waals surface area contributed by atoms with Gasteiger partial charge in [0.05, 0.1) is 26.1 Å². The summed E-state index contributed by atoms with van der Waals surface area (Å²) >= 11 is 0. The quantitative estimate of drug-likeness (QED) is 0.321. The molecule has 98 valence electrons. The second-order valence-corrected chi connectivity index (χ2v) is 3.27. The van der Waals surface area contributed by atoms with Crippen molar-refractivity contribution in [1.29, 1.82) is 0 Å². The lowest BCUT2D eigenvalue weighted by atomic mass is 10.2. The van der Waals surface area contributed by atoms with E-state index in [-0.39, 0.29) is 5.57 Å². The lowest BCUT2D eigenvalue weighted by Gasteiger charge is -2.05. The maximum Gasteiger partial charge on any atom is 0.330 e. The molecule has 0 aliphatic carbocycles. The van der Waals surface area contributed by atoms with Crippen LogP contribution in [0, 0.1) is 0 Å². The first-order valence-electron chi connectivity index (χ1n) is 5.47. The summed E-state index contributed by atoms with van der Waals surface area (Å²) in [5.41, 5.74) is 0.214. The van der Waals surface area contributed by atoms with Crippen molar-refractivity contribution in [1.82, 2.24) is 0 Å². The van der Waals surface area contributed by atoms with Crippen molar-refractivity contribution in [2.45, 2.75) is 12.8 Å². The Labute approximate surface area is 102 Å². The molecule has 0 heterocycles. The maximum atomic E-state index is 10.4.